The Morgan fingerprint density at radius 3 is 2.72 bits per heavy atom. The van der Waals surface area contributed by atoms with E-state index in [9.17, 15) is 14.9 Å². The standard InChI is InChI=1S/C22H22N6O4/c29-22(18-2-3-19(20(12-18)28(30)31)27-15-23-14-24-27)26-8-6-25(7-9-26)13-16-1-4-21-17(11-16)5-10-32-21/h1-4,11-12,14-15H,5-10,13H2. The molecule has 0 aliphatic carbocycles. The van der Waals surface area contributed by atoms with Crippen molar-refractivity contribution in [2.45, 2.75) is 13.0 Å². The Hall–Kier alpha value is -3.79. The van der Waals surface area contributed by atoms with Gasteiger partial charge in [-0.25, -0.2) is 9.67 Å². The largest absolute Gasteiger partial charge is 0.493 e. The minimum Gasteiger partial charge on any atom is -0.493 e. The zero-order chi connectivity index (χ0) is 22.1. The van der Waals surface area contributed by atoms with Gasteiger partial charge in [-0.15, -0.1) is 0 Å². The number of carbonyl (C=O) groups excluding carboxylic acids is 1. The van der Waals surface area contributed by atoms with Crippen molar-refractivity contribution in [2.75, 3.05) is 32.8 Å². The second kappa shape index (κ2) is 8.39. The molecule has 0 radical (unpaired) electrons. The van der Waals surface area contributed by atoms with Gasteiger partial charge in [-0.05, 0) is 29.3 Å². The average molecular weight is 434 g/mol. The number of benzene rings is 2. The molecule has 3 aromatic rings. The summed E-state index contributed by atoms with van der Waals surface area (Å²) in [5.74, 6) is 0.778. The highest BCUT2D eigenvalue weighted by Gasteiger charge is 2.25. The second-order valence-corrected chi connectivity index (χ2v) is 7.91. The lowest BCUT2D eigenvalue weighted by molar-refractivity contribution is -0.384. The molecule has 10 heteroatoms. The first-order valence-electron chi connectivity index (χ1n) is 10.5. The Morgan fingerprint density at radius 2 is 1.97 bits per heavy atom. The molecule has 164 valence electrons. The van der Waals surface area contributed by atoms with Crippen LogP contribution in [0.15, 0.2) is 49.1 Å². The monoisotopic (exact) mass is 434 g/mol. The van der Waals surface area contributed by atoms with Crippen LogP contribution in [0.5, 0.6) is 5.75 Å². The maximum absolute atomic E-state index is 13.0. The molecule has 1 saturated heterocycles. The lowest BCUT2D eigenvalue weighted by Gasteiger charge is -2.34. The van der Waals surface area contributed by atoms with E-state index < -0.39 is 4.92 Å². The van der Waals surface area contributed by atoms with Crippen LogP contribution in [0.3, 0.4) is 0 Å². The molecule has 1 aromatic heterocycles. The highest BCUT2D eigenvalue weighted by Crippen LogP contribution is 2.27. The molecule has 2 aromatic carbocycles. The van der Waals surface area contributed by atoms with Gasteiger partial charge in [0.1, 0.15) is 24.1 Å². The molecule has 0 atom stereocenters. The van der Waals surface area contributed by atoms with Crippen molar-refractivity contribution in [1.29, 1.82) is 0 Å². The molecule has 1 fully saturated rings. The molecule has 0 unspecified atom stereocenters. The summed E-state index contributed by atoms with van der Waals surface area (Å²) in [6, 6.07) is 10.8. The predicted octanol–water partition coefficient (Wildman–Crippen LogP) is 2.07. The van der Waals surface area contributed by atoms with Crippen LogP contribution in [0.25, 0.3) is 5.69 Å². The number of nitrogens with zero attached hydrogens (tertiary/aromatic N) is 6. The maximum Gasteiger partial charge on any atom is 0.295 e. The van der Waals surface area contributed by atoms with Gasteiger partial charge < -0.3 is 9.64 Å². The van der Waals surface area contributed by atoms with Gasteiger partial charge in [-0.2, -0.15) is 5.10 Å². The fourth-order valence-electron chi connectivity index (χ4n) is 4.22. The maximum atomic E-state index is 13.0. The van der Waals surface area contributed by atoms with Gasteiger partial charge in [0, 0.05) is 50.8 Å². The quantitative estimate of drug-likeness (QED) is 0.447. The fraction of sp³-hybridized carbons (Fsp3) is 0.318. The number of hydrogen-bond acceptors (Lipinski definition) is 7. The molecular weight excluding hydrogens is 412 g/mol. The summed E-state index contributed by atoms with van der Waals surface area (Å²) < 4.78 is 6.89. The molecule has 32 heavy (non-hydrogen) atoms. The van der Waals surface area contributed by atoms with Crippen LogP contribution in [0, 0.1) is 10.1 Å². The Labute approximate surface area is 184 Å². The van der Waals surface area contributed by atoms with Crippen molar-refractivity contribution in [2.24, 2.45) is 0 Å². The normalized spacial score (nSPS) is 15.9. The first kappa shape index (κ1) is 20.1. The highest BCUT2D eigenvalue weighted by molar-refractivity contribution is 5.95. The number of rotatable bonds is 5. The molecule has 3 heterocycles. The number of ether oxygens (including phenoxy) is 1. The number of hydrogen-bond donors (Lipinski definition) is 0. The predicted molar refractivity (Wildman–Crippen MR) is 115 cm³/mol. The first-order chi connectivity index (χ1) is 15.6. The molecule has 2 aliphatic heterocycles. The molecular formula is C22H22N6O4. The summed E-state index contributed by atoms with van der Waals surface area (Å²) in [5.41, 5.74) is 2.89. The highest BCUT2D eigenvalue weighted by atomic mass is 16.6. The van der Waals surface area contributed by atoms with Crippen LogP contribution in [0.4, 0.5) is 5.69 Å². The minimum atomic E-state index is -0.507. The van der Waals surface area contributed by atoms with Crippen molar-refractivity contribution in [3.05, 3.63) is 75.9 Å². The van der Waals surface area contributed by atoms with Crippen molar-refractivity contribution in [1.82, 2.24) is 24.6 Å². The zero-order valence-corrected chi connectivity index (χ0v) is 17.4. The average Bonchev–Trinajstić information content (AvgIpc) is 3.50. The SMILES string of the molecule is O=C(c1ccc(-n2cncn2)c([N+](=O)[O-])c1)N1CCN(Cc2ccc3c(c2)CCO3)CC1. The first-order valence-corrected chi connectivity index (χ1v) is 10.5. The molecule has 0 spiro atoms. The van der Waals surface area contributed by atoms with Crippen LogP contribution in [0.2, 0.25) is 0 Å². The molecule has 0 N–H and O–H groups in total. The zero-order valence-electron chi connectivity index (χ0n) is 17.4. The number of fused-ring (bicyclic) bond motifs is 1. The van der Waals surface area contributed by atoms with E-state index in [-0.39, 0.29) is 17.3 Å². The van der Waals surface area contributed by atoms with Gasteiger partial charge >= 0.3 is 0 Å². The van der Waals surface area contributed by atoms with E-state index in [1.807, 2.05) is 6.07 Å². The third-order valence-corrected chi connectivity index (χ3v) is 5.90. The number of carbonyl (C=O) groups is 1. The van der Waals surface area contributed by atoms with Crippen molar-refractivity contribution < 1.29 is 14.5 Å². The smallest absolute Gasteiger partial charge is 0.295 e. The Bertz CT molecular complexity index is 1160. The Morgan fingerprint density at radius 1 is 1.12 bits per heavy atom. The van der Waals surface area contributed by atoms with E-state index in [1.54, 1.807) is 11.0 Å². The Balaban J connectivity index is 1.24. The minimum absolute atomic E-state index is 0.180. The number of aromatic nitrogens is 3. The van der Waals surface area contributed by atoms with Crippen molar-refractivity contribution >= 4 is 11.6 Å². The molecule has 2 aliphatic rings. The number of nitro groups is 1. The second-order valence-electron chi connectivity index (χ2n) is 7.91. The third kappa shape index (κ3) is 3.92. The number of piperazine rings is 1. The lowest BCUT2D eigenvalue weighted by Crippen LogP contribution is -2.48. The topological polar surface area (TPSA) is 107 Å². The van der Waals surface area contributed by atoms with E-state index in [1.165, 1.54) is 40.6 Å². The fourth-order valence-corrected chi connectivity index (χ4v) is 4.22. The molecule has 0 saturated carbocycles. The summed E-state index contributed by atoms with van der Waals surface area (Å²) in [5, 5.41) is 15.5. The van der Waals surface area contributed by atoms with Crippen molar-refractivity contribution in [3.8, 4) is 11.4 Å². The van der Waals surface area contributed by atoms with Crippen LogP contribution < -0.4 is 4.74 Å². The van der Waals surface area contributed by atoms with E-state index in [4.69, 9.17) is 4.74 Å². The van der Waals surface area contributed by atoms with Crippen LogP contribution >= 0.6 is 0 Å². The summed E-state index contributed by atoms with van der Waals surface area (Å²) in [6.07, 6.45) is 3.64. The number of nitro benzene ring substituents is 1. The molecule has 0 bridgehead atoms. The van der Waals surface area contributed by atoms with Crippen LogP contribution in [-0.2, 0) is 13.0 Å². The van der Waals surface area contributed by atoms with Gasteiger partial charge in [-0.1, -0.05) is 12.1 Å². The summed E-state index contributed by atoms with van der Waals surface area (Å²) in [4.78, 5) is 32.0. The van der Waals surface area contributed by atoms with E-state index in [2.05, 4.69) is 27.1 Å². The number of amides is 1. The van der Waals surface area contributed by atoms with E-state index in [0.717, 1.165) is 38.4 Å². The van der Waals surface area contributed by atoms with E-state index in [0.29, 0.717) is 18.7 Å². The summed E-state index contributed by atoms with van der Waals surface area (Å²) in [7, 11) is 0. The van der Waals surface area contributed by atoms with Crippen LogP contribution in [-0.4, -0.2) is 68.2 Å². The lowest BCUT2D eigenvalue weighted by atomic mass is 10.1. The molecule has 1 amide bonds. The summed E-state index contributed by atoms with van der Waals surface area (Å²) >= 11 is 0. The van der Waals surface area contributed by atoms with E-state index >= 15 is 0 Å². The third-order valence-electron chi connectivity index (χ3n) is 5.90. The Kier molecular flexibility index (Phi) is 5.28. The molecule has 10 nitrogen and oxygen atoms in total. The van der Waals surface area contributed by atoms with Gasteiger partial charge in [0.2, 0.25) is 0 Å². The summed E-state index contributed by atoms with van der Waals surface area (Å²) in [6.45, 7) is 4.22. The van der Waals surface area contributed by atoms with Crippen LogP contribution in [0.1, 0.15) is 21.5 Å². The van der Waals surface area contributed by atoms with Gasteiger partial charge in [0.05, 0.1) is 11.5 Å². The van der Waals surface area contributed by atoms with Gasteiger partial charge in [0.25, 0.3) is 11.6 Å². The van der Waals surface area contributed by atoms with Crippen molar-refractivity contribution in [3.63, 3.8) is 0 Å². The molecule has 5 rings (SSSR count). The van der Waals surface area contributed by atoms with Gasteiger partial charge in [0.15, 0.2) is 0 Å². The van der Waals surface area contributed by atoms with Gasteiger partial charge in [-0.3, -0.25) is 19.8 Å².